The Balaban J connectivity index is 1.38. The van der Waals surface area contributed by atoms with Gasteiger partial charge in [0.1, 0.15) is 6.61 Å². The van der Waals surface area contributed by atoms with Crippen molar-refractivity contribution in [1.29, 1.82) is 0 Å². The molecule has 3 aromatic carbocycles. The fourth-order valence-electron chi connectivity index (χ4n) is 4.91. The van der Waals surface area contributed by atoms with Gasteiger partial charge in [0.25, 0.3) is 5.91 Å². The van der Waals surface area contributed by atoms with Crippen LogP contribution in [0.1, 0.15) is 41.1 Å². The molecule has 0 aliphatic carbocycles. The number of benzene rings is 3. The Kier molecular flexibility index (Phi) is 7.87. The number of carbonyl (C=O) groups excluding carboxylic acids is 2. The van der Waals surface area contributed by atoms with E-state index < -0.39 is 5.78 Å². The summed E-state index contributed by atoms with van der Waals surface area (Å²) < 4.78 is 5.78. The molecule has 0 saturated carbocycles. The van der Waals surface area contributed by atoms with E-state index in [2.05, 4.69) is 60.4 Å². The summed E-state index contributed by atoms with van der Waals surface area (Å²) in [6, 6.07) is 26.5. The van der Waals surface area contributed by atoms with Gasteiger partial charge in [-0.3, -0.25) is 14.9 Å². The first-order chi connectivity index (χ1) is 18.1. The van der Waals surface area contributed by atoms with E-state index in [0.717, 1.165) is 24.2 Å². The number of carbonyl (C=O) groups is 2. The van der Waals surface area contributed by atoms with Crippen LogP contribution in [0.3, 0.4) is 0 Å². The maximum absolute atomic E-state index is 13.4. The lowest BCUT2D eigenvalue weighted by molar-refractivity contribution is -0.128. The minimum Gasteiger partial charge on any atom is -0.485 e. The molecule has 6 heteroatoms. The number of hydrogen-bond acceptors (Lipinski definition) is 5. The largest absolute Gasteiger partial charge is 0.485 e. The highest BCUT2D eigenvalue weighted by atomic mass is 32.2. The monoisotopic (exact) mass is 510 g/mol. The summed E-state index contributed by atoms with van der Waals surface area (Å²) in [5.74, 6) is 0.276. The van der Waals surface area contributed by atoms with Gasteiger partial charge in [-0.05, 0) is 47.2 Å². The van der Waals surface area contributed by atoms with E-state index in [0.29, 0.717) is 6.54 Å². The summed E-state index contributed by atoms with van der Waals surface area (Å²) in [4.78, 5) is 29.0. The number of thioether (sulfide) groups is 1. The number of nitrogens with one attached hydrogen (secondary N) is 1. The van der Waals surface area contributed by atoms with Crippen LogP contribution >= 0.6 is 11.8 Å². The zero-order valence-corrected chi connectivity index (χ0v) is 21.5. The molecule has 0 spiro atoms. The number of amides is 1. The van der Waals surface area contributed by atoms with Gasteiger partial charge in [0, 0.05) is 23.3 Å². The summed E-state index contributed by atoms with van der Waals surface area (Å²) in [6.45, 7) is 4.40. The van der Waals surface area contributed by atoms with Gasteiger partial charge in [-0.25, -0.2) is 0 Å². The second-order valence-electron chi connectivity index (χ2n) is 9.17. The SMILES string of the molecule is C=CC(=O)/C(=C/C(=O)N1CCCC1NC1c2ccccc2CSc2ccccc21)OCc1ccccc1. The lowest BCUT2D eigenvalue weighted by Crippen LogP contribution is -2.46. The van der Waals surface area contributed by atoms with Crippen molar-refractivity contribution in [2.45, 2.75) is 42.3 Å². The lowest BCUT2D eigenvalue weighted by atomic mass is 9.94. The second-order valence-corrected chi connectivity index (χ2v) is 10.2. The average molecular weight is 511 g/mol. The van der Waals surface area contributed by atoms with E-state index in [1.807, 2.05) is 47.0 Å². The normalized spacial score (nSPS) is 18.9. The van der Waals surface area contributed by atoms with Crippen molar-refractivity contribution in [3.05, 3.63) is 126 Å². The Labute approximate surface area is 222 Å². The Hall–Kier alpha value is -3.61. The van der Waals surface area contributed by atoms with E-state index in [4.69, 9.17) is 4.74 Å². The van der Waals surface area contributed by atoms with Crippen LogP contribution in [-0.2, 0) is 26.7 Å². The molecular formula is C31H30N2O3S. The Morgan fingerprint density at radius 1 is 1.00 bits per heavy atom. The van der Waals surface area contributed by atoms with E-state index in [1.165, 1.54) is 33.7 Å². The van der Waals surface area contributed by atoms with Crippen molar-refractivity contribution < 1.29 is 14.3 Å². The van der Waals surface area contributed by atoms with Crippen LogP contribution in [0.25, 0.3) is 0 Å². The quantitative estimate of drug-likeness (QED) is 0.308. The van der Waals surface area contributed by atoms with E-state index >= 15 is 0 Å². The molecule has 2 unspecified atom stereocenters. The van der Waals surface area contributed by atoms with Crippen LogP contribution in [0.5, 0.6) is 0 Å². The highest BCUT2D eigenvalue weighted by molar-refractivity contribution is 7.98. The maximum Gasteiger partial charge on any atom is 0.251 e. The first-order valence-electron chi connectivity index (χ1n) is 12.6. The minimum atomic E-state index is -0.406. The molecule has 2 atom stereocenters. The maximum atomic E-state index is 13.4. The van der Waals surface area contributed by atoms with Gasteiger partial charge >= 0.3 is 0 Å². The molecule has 2 heterocycles. The molecule has 5 nitrogen and oxygen atoms in total. The number of likely N-dealkylation sites (tertiary alicyclic amines) is 1. The molecule has 0 aromatic heterocycles. The van der Waals surface area contributed by atoms with Crippen LogP contribution in [0.15, 0.2) is 108 Å². The molecule has 1 amide bonds. The van der Waals surface area contributed by atoms with E-state index in [1.54, 1.807) is 0 Å². The summed E-state index contributed by atoms with van der Waals surface area (Å²) in [7, 11) is 0. The van der Waals surface area contributed by atoms with Crippen LogP contribution in [-0.4, -0.2) is 29.3 Å². The predicted octanol–water partition coefficient (Wildman–Crippen LogP) is 5.78. The molecule has 1 saturated heterocycles. The average Bonchev–Trinajstić information content (AvgIpc) is 3.35. The standard InChI is InChI=1S/C31H30N2O3S/c1-2-26(34)27(36-20-22-11-4-3-5-12-22)19-30(35)33-18-10-17-29(33)32-31-24-14-7-6-13-23(24)21-37-28-16-9-8-15-25(28)31/h2-9,11-16,19,29,31-32H,1,10,17-18,20-21H2/b27-19-. The summed E-state index contributed by atoms with van der Waals surface area (Å²) in [6.07, 6.45) is 4.06. The zero-order chi connectivity index (χ0) is 25.6. The van der Waals surface area contributed by atoms with Gasteiger partial charge in [-0.1, -0.05) is 79.4 Å². The molecule has 2 aliphatic rings. The molecule has 3 aromatic rings. The number of ether oxygens (including phenoxy) is 1. The smallest absolute Gasteiger partial charge is 0.251 e. The molecule has 2 aliphatic heterocycles. The highest BCUT2D eigenvalue weighted by Crippen LogP contribution is 2.40. The van der Waals surface area contributed by atoms with Crippen molar-refractivity contribution in [2.24, 2.45) is 0 Å². The molecule has 188 valence electrons. The second kappa shape index (κ2) is 11.6. The Morgan fingerprint density at radius 3 is 2.54 bits per heavy atom. The van der Waals surface area contributed by atoms with Gasteiger partial charge in [0.2, 0.25) is 5.78 Å². The van der Waals surface area contributed by atoms with Gasteiger partial charge in [0.15, 0.2) is 5.76 Å². The van der Waals surface area contributed by atoms with Gasteiger partial charge in [0.05, 0.1) is 12.2 Å². The van der Waals surface area contributed by atoms with E-state index in [-0.39, 0.29) is 30.5 Å². The van der Waals surface area contributed by atoms with Crippen molar-refractivity contribution in [2.75, 3.05) is 6.54 Å². The first kappa shape index (κ1) is 25.1. The fraction of sp³-hybridized carbons (Fsp3) is 0.226. The van der Waals surface area contributed by atoms with Gasteiger partial charge < -0.3 is 9.64 Å². The third-order valence-corrected chi connectivity index (χ3v) is 7.93. The minimum absolute atomic E-state index is 0.0102. The van der Waals surface area contributed by atoms with Crippen molar-refractivity contribution in [3.8, 4) is 0 Å². The van der Waals surface area contributed by atoms with Crippen molar-refractivity contribution in [3.63, 3.8) is 0 Å². The number of nitrogens with zero attached hydrogens (tertiary/aromatic N) is 1. The third-order valence-electron chi connectivity index (χ3n) is 6.79. The van der Waals surface area contributed by atoms with Crippen LogP contribution < -0.4 is 5.32 Å². The first-order valence-corrected chi connectivity index (χ1v) is 13.5. The molecule has 5 rings (SSSR count). The summed E-state index contributed by atoms with van der Waals surface area (Å²) >= 11 is 1.85. The Bertz CT molecular complexity index is 1270. The lowest BCUT2D eigenvalue weighted by Gasteiger charge is -2.30. The number of allylic oxidation sites excluding steroid dienone is 1. The Morgan fingerprint density at radius 2 is 1.73 bits per heavy atom. The predicted molar refractivity (Wildman–Crippen MR) is 147 cm³/mol. The van der Waals surface area contributed by atoms with Crippen LogP contribution in [0.2, 0.25) is 0 Å². The highest BCUT2D eigenvalue weighted by Gasteiger charge is 2.33. The number of hydrogen-bond donors (Lipinski definition) is 1. The molecular weight excluding hydrogens is 480 g/mol. The van der Waals surface area contributed by atoms with Crippen LogP contribution in [0.4, 0.5) is 0 Å². The van der Waals surface area contributed by atoms with Crippen molar-refractivity contribution in [1.82, 2.24) is 10.2 Å². The molecule has 1 fully saturated rings. The van der Waals surface area contributed by atoms with E-state index in [9.17, 15) is 9.59 Å². The van der Waals surface area contributed by atoms with Crippen molar-refractivity contribution >= 4 is 23.5 Å². The van der Waals surface area contributed by atoms with Gasteiger partial charge in [-0.15, -0.1) is 11.8 Å². The third kappa shape index (κ3) is 5.71. The topological polar surface area (TPSA) is 58.6 Å². The summed E-state index contributed by atoms with van der Waals surface area (Å²) in [5.41, 5.74) is 4.68. The molecule has 0 bridgehead atoms. The summed E-state index contributed by atoms with van der Waals surface area (Å²) in [5, 5.41) is 3.79. The molecule has 0 radical (unpaired) electrons. The van der Waals surface area contributed by atoms with Crippen LogP contribution in [0, 0.1) is 0 Å². The van der Waals surface area contributed by atoms with Gasteiger partial charge in [-0.2, -0.15) is 0 Å². The molecule has 1 N–H and O–H groups in total. The fourth-order valence-corrected chi connectivity index (χ4v) is 6.01. The number of ketones is 1. The number of rotatable bonds is 8. The number of fused-ring (bicyclic) bond motifs is 2. The zero-order valence-electron chi connectivity index (χ0n) is 20.6. The molecule has 37 heavy (non-hydrogen) atoms.